The summed E-state index contributed by atoms with van der Waals surface area (Å²) < 4.78 is 37.4. The van der Waals surface area contributed by atoms with E-state index in [-0.39, 0.29) is 6.04 Å². The summed E-state index contributed by atoms with van der Waals surface area (Å²) in [4.78, 5) is 5.90. The molecule has 0 saturated heterocycles. The first-order chi connectivity index (χ1) is 7.02. The van der Waals surface area contributed by atoms with E-state index in [4.69, 9.17) is 0 Å². The molecule has 82 valence electrons. The molecule has 0 aromatic carbocycles. The molecule has 0 amide bonds. The third-order valence-corrected chi connectivity index (χ3v) is 2.59. The summed E-state index contributed by atoms with van der Waals surface area (Å²) in [6.07, 6.45) is 0.118. The fourth-order valence-electron chi connectivity index (χ4n) is 1.77. The van der Waals surface area contributed by atoms with Gasteiger partial charge in [-0.1, -0.05) is 6.08 Å². The van der Waals surface area contributed by atoms with Crippen molar-refractivity contribution in [2.75, 3.05) is 6.54 Å². The number of hydrogen-bond acceptors (Lipinski definition) is 2. The van der Waals surface area contributed by atoms with Crippen molar-refractivity contribution >= 4 is 6.34 Å². The molecule has 2 nitrogen and oxygen atoms in total. The van der Waals surface area contributed by atoms with Crippen molar-refractivity contribution < 1.29 is 13.2 Å². The minimum atomic E-state index is -4.25. The number of allylic oxidation sites excluding steroid dienone is 2. The number of alkyl halides is 3. The second kappa shape index (κ2) is 3.40. The van der Waals surface area contributed by atoms with Gasteiger partial charge in [0.15, 0.2) is 0 Å². The second-order valence-electron chi connectivity index (χ2n) is 3.53. The van der Waals surface area contributed by atoms with E-state index in [0.717, 1.165) is 0 Å². The normalized spacial score (nSPS) is 25.1. The van der Waals surface area contributed by atoms with Crippen LogP contribution in [0.3, 0.4) is 0 Å². The van der Waals surface area contributed by atoms with Crippen molar-refractivity contribution in [1.29, 1.82) is 0 Å². The highest BCUT2D eigenvalue weighted by Gasteiger charge is 2.36. The van der Waals surface area contributed by atoms with Crippen LogP contribution in [0.2, 0.25) is 0 Å². The molecule has 2 aliphatic rings. The molecule has 0 bridgehead atoms. The van der Waals surface area contributed by atoms with Crippen LogP contribution in [0.15, 0.2) is 28.4 Å². The summed E-state index contributed by atoms with van der Waals surface area (Å²) in [6, 6.07) is -0.115. The predicted octanol–water partition coefficient (Wildman–Crippen LogP) is 2.50. The van der Waals surface area contributed by atoms with Crippen molar-refractivity contribution in [2.45, 2.75) is 25.6 Å². The molecule has 1 heterocycles. The first-order valence-corrected chi connectivity index (χ1v) is 4.81. The van der Waals surface area contributed by atoms with Crippen molar-refractivity contribution in [2.24, 2.45) is 4.99 Å². The lowest BCUT2D eigenvalue weighted by Crippen LogP contribution is -2.24. The molecule has 1 aliphatic carbocycles. The Bertz CT molecular complexity index is 352. The molecular weight excluding hydrogens is 205 g/mol. The second-order valence-corrected chi connectivity index (χ2v) is 3.53. The fraction of sp³-hybridized carbons (Fsp3) is 0.500. The Kier molecular flexibility index (Phi) is 2.32. The van der Waals surface area contributed by atoms with Gasteiger partial charge in [-0.05, 0) is 19.4 Å². The van der Waals surface area contributed by atoms with Gasteiger partial charge in [-0.3, -0.25) is 4.99 Å². The molecule has 0 N–H and O–H groups in total. The van der Waals surface area contributed by atoms with E-state index >= 15 is 0 Å². The Balaban J connectivity index is 2.27. The molecule has 1 atom stereocenters. The zero-order chi connectivity index (χ0) is 11.1. The van der Waals surface area contributed by atoms with Gasteiger partial charge < -0.3 is 4.90 Å². The van der Waals surface area contributed by atoms with Gasteiger partial charge in [0.05, 0.1) is 18.0 Å². The highest BCUT2D eigenvalue weighted by Crippen LogP contribution is 2.34. The van der Waals surface area contributed by atoms with Crippen LogP contribution >= 0.6 is 0 Å². The van der Waals surface area contributed by atoms with Crippen LogP contribution in [-0.2, 0) is 0 Å². The highest BCUT2D eigenvalue weighted by molar-refractivity contribution is 5.64. The maximum absolute atomic E-state index is 12.5. The van der Waals surface area contributed by atoms with E-state index in [1.54, 1.807) is 11.2 Å². The predicted molar refractivity (Wildman–Crippen MR) is 51.5 cm³/mol. The molecular formula is C10H11F3N2. The van der Waals surface area contributed by atoms with Gasteiger partial charge in [-0.2, -0.15) is 13.2 Å². The Labute approximate surface area is 85.8 Å². The lowest BCUT2D eigenvalue weighted by atomic mass is 9.99. The maximum atomic E-state index is 12.5. The Morgan fingerprint density at radius 3 is 2.87 bits per heavy atom. The lowest BCUT2D eigenvalue weighted by Gasteiger charge is -2.22. The average Bonchev–Trinajstić information content (AvgIpc) is 2.57. The quantitative estimate of drug-likeness (QED) is 0.657. The van der Waals surface area contributed by atoms with Crippen LogP contribution in [-0.4, -0.2) is 30.0 Å². The molecule has 2 rings (SSSR count). The van der Waals surface area contributed by atoms with E-state index in [9.17, 15) is 13.2 Å². The molecule has 15 heavy (non-hydrogen) atoms. The van der Waals surface area contributed by atoms with Gasteiger partial charge in [0.25, 0.3) is 0 Å². The van der Waals surface area contributed by atoms with Crippen LogP contribution in [0.1, 0.15) is 13.3 Å². The topological polar surface area (TPSA) is 15.6 Å². The maximum Gasteiger partial charge on any atom is 0.416 e. The van der Waals surface area contributed by atoms with Gasteiger partial charge in [0.1, 0.15) is 0 Å². The van der Waals surface area contributed by atoms with Crippen LogP contribution in [0.25, 0.3) is 0 Å². The number of aliphatic imine (C=N–C) groups is 1. The van der Waals surface area contributed by atoms with Gasteiger partial charge >= 0.3 is 6.18 Å². The third-order valence-electron chi connectivity index (χ3n) is 2.59. The SMILES string of the molecule is CCN1C=NC2CC=C(C(F)(F)F)C=C21. The van der Waals surface area contributed by atoms with Crippen LogP contribution < -0.4 is 0 Å². The standard InChI is InChI=1S/C10H11F3N2/c1-2-15-6-14-8-4-3-7(5-9(8)15)10(11,12)13/h3,5-6,8H,2,4H2,1H3. The van der Waals surface area contributed by atoms with Crippen molar-refractivity contribution in [1.82, 2.24) is 4.90 Å². The number of likely N-dealkylation sites (N-methyl/N-ethyl adjacent to an activating group) is 1. The zero-order valence-electron chi connectivity index (χ0n) is 8.25. The summed E-state index contributed by atoms with van der Waals surface area (Å²) in [5.74, 6) is 0. The molecule has 5 heteroatoms. The van der Waals surface area contributed by atoms with E-state index < -0.39 is 11.7 Å². The third kappa shape index (κ3) is 1.78. The first kappa shape index (κ1) is 10.3. The number of fused-ring (bicyclic) bond motifs is 1. The Morgan fingerprint density at radius 2 is 2.27 bits per heavy atom. The molecule has 0 spiro atoms. The average molecular weight is 216 g/mol. The van der Waals surface area contributed by atoms with Crippen LogP contribution in [0.5, 0.6) is 0 Å². The van der Waals surface area contributed by atoms with Crippen LogP contribution in [0, 0.1) is 0 Å². The lowest BCUT2D eigenvalue weighted by molar-refractivity contribution is -0.0888. The monoisotopic (exact) mass is 216 g/mol. The summed E-state index contributed by atoms with van der Waals surface area (Å²) in [7, 11) is 0. The molecule has 0 saturated carbocycles. The Hall–Kier alpha value is -1.26. The number of hydrogen-bond donors (Lipinski definition) is 0. The minimum Gasteiger partial charge on any atom is -0.335 e. The van der Waals surface area contributed by atoms with Crippen LogP contribution in [0.4, 0.5) is 13.2 Å². The summed E-state index contributed by atoms with van der Waals surface area (Å²) in [5, 5.41) is 0. The van der Waals surface area contributed by atoms with Crippen molar-refractivity contribution in [3.05, 3.63) is 23.4 Å². The van der Waals surface area contributed by atoms with E-state index in [1.807, 2.05) is 6.92 Å². The van der Waals surface area contributed by atoms with Gasteiger partial charge in [-0.25, -0.2) is 0 Å². The van der Waals surface area contributed by atoms with E-state index in [1.165, 1.54) is 12.2 Å². The van der Waals surface area contributed by atoms with Gasteiger partial charge in [-0.15, -0.1) is 0 Å². The molecule has 0 radical (unpaired) electrons. The summed E-state index contributed by atoms with van der Waals surface area (Å²) in [5.41, 5.74) is 0.102. The zero-order valence-corrected chi connectivity index (χ0v) is 8.25. The molecule has 1 unspecified atom stereocenters. The largest absolute Gasteiger partial charge is 0.416 e. The number of rotatable bonds is 1. The molecule has 0 aromatic rings. The Morgan fingerprint density at radius 1 is 1.53 bits per heavy atom. The molecule has 1 aliphatic heterocycles. The fourth-order valence-corrected chi connectivity index (χ4v) is 1.77. The van der Waals surface area contributed by atoms with E-state index in [0.29, 0.717) is 18.7 Å². The van der Waals surface area contributed by atoms with Crippen molar-refractivity contribution in [3.8, 4) is 0 Å². The number of nitrogens with zero attached hydrogens (tertiary/aromatic N) is 2. The summed E-state index contributed by atoms with van der Waals surface area (Å²) in [6.45, 7) is 2.54. The van der Waals surface area contributed by atoms with Crippen molar-refractivity contribution in [3.63, 3.8) is 0 Å². The smallest absolute Gasteiger partial charge is 0.335 e. The molecule has 0 fully saturated rings. The molecule has 0 aromatic heterocycles. The minimum absolute atomic E-state index is 0.115. The number of halogens is 3. The summed E-state index contributed by atoms with van der Waals surface area (Å²) >= 11 is 0. The van der Waals surface area contributed by atoms with Gasteiger partial charge in [0, 0.05) is 12.2 Å². The first-order valence-electron chi connectivity index (χ1n) is 4.81. The van der Waals surface area contributed by atoms with Gasteiger partial charge in [0.2, 0.25) is 0 Å². The van der Waals surface area contributed by atoms with E-state index in [2.05, 4.69) is 4.99 Å². The highest BCUT2D eigenvalue weighted by atomic mass is 19.4.